The SMILES string of the molecule is COc1ccc(NC(=O)Cn2cnc3scc(-c4ccc(C(C)C)cc4)c3c2=O)cc1. The zero-order valence-corrected chi connectivity index (χ0v) is 18.4. The highest BCUT2D eigenvalue weighted by molar-refractivity contribution is 7.17. The molecule has 0 aliphatic heterocycles. The molecule has 7 heteroatoms. The van der Waals surface area contributed by atoms with Crippen molar-refractivity contribution in [1.29, 1.82) is 0 Å². The van der Waals surface area contributed by atoms with E-state index >= 15 is 0 Å². The maximum Gasteiger partial charge on any atom is 0.263 e. The average molecular weight is 434 g/mol. The van der Waals surface area contributed by atoms with Crippen molar-refractivity contribution < 1.29 is 9.53 Å². The van der Waals surface area contributed by atoms with Crippen LogP contribution in [0.4, 0.5) is 5.69 Å². The number of amides is 1. The molecule has 0 saturated heterocycles. The summed E-state index contributed by atoms with van der Waals surface area (Å²) in [4.78, 5) is 30.7. The Hall–Kier alpha value is -3.45. The summed E-state index contributed by atoms with van der Waals surface area (Å²) in [5, 5.41) is 5.29. The molecule has 0 saturated carbocycles. The Morgan fingerprint density at radius 3 is 2.48 bits per heavy atom. The van der Waals surface area contributed by atoms with Gasteiger partial charge in [0, 0.05) is 16.6 Å². The molecule has 0 spiro atoms. The van der Waals surface area contributed by atoms with Crippen LogP contribution in [0.2, 0.25) is 0 Å². The van der Waals surface area contributed by atoms with Gasteiger partial charge in [-0.15, -0.1) is 11.3 Å². The molecule has 0 fully saturated rings. The fourth-order valence-electron chi connectivity index (χ4n) is 3.37. The second-order valence-corrected chi connectivity index (χ2v) is 8.42. The van der Waals surface area contributed by atoms with Crippen LogP contribution in [0.25, 0.3) is 21.3 Å². The standard InChI is InChI=1S/C24H23N3O3S/c1-15(2)16-4-6-17(7-5-16)20-13-31-23-22(20)24(29)27(14-25-23)12-21(28)26-18-8-10-19(30-3)11-9-18/h4-11,13-15H,12H2,1-3H3,(H,26,28). The van der Waals surface area contributed by atoms with Crippen LogP contribution in [0.1, 0.15) is 25.3 Å². The fourth-order valence-corrected chi connectivity index (χ4v) is 4.28. The third kappa shape index (κ3) is 4.36. The molecule has 0 radical (unpaired) electrons. The third-order valence-electron chi connectivity index (χ3n) is 5.14. The molecule has 1 amide bonds. The lowest BCUT2D eigenvalue weighted by molar-refractivity contribution is -0.116. The van der Waals surface area contributed by atoms with Gasteiger partial charge in [0.15, 0.2) is 0 Å². The molecule has 0 aliphatic carbocycles. The number of hydrogen-bond donors (Lipinski definition) is 1. The van der Waals surface area contributed by atoms with E-state index in [1.807, 2.05) is 17.5 Å². The number of nitrogens with zero attached hydrogens (tertiary/aromatic N) is 2. The highest BCUT2D eigenvalue weighted by atomic mass is 32.1. The second-order valence-electron chi connectivity index (χ2n) is 7.56. The number of methoxy groups -OCH3 is 1. The number of hydrogen-bond acceptors (Lipinski definition) is 5. The molecule has 2 aromatic carbocycles. The lowest BCUT2D eigenvalue weighted by Gasteiger charge is -2.09. The van der Waals surface area contributed by atoms with Crippen LogP contribution in [-0.2, 0) is 11.3 Å². The summed E-state index contributed by atoms with van der Waals surface area (Å²) in [7, 11) is 1.58. The Morgan fingerprint density at radius 1 is 1.13 bits per heavy atom. The maximum absolute atomic E-state index is 13.2. The Bertz CT molecular complexity index is 1270. The number of thiophene rings is 1. The van der Waals surface area contributed by atoms with Crippen molar-refractivity contribution in [2.24, 2.45) is 0 Å². The first-order valence-electron chi connectivity index (χ1n) is 9.97. The van der Waals surface area contributed by atoms with E-state index in [-0.39, 0.29) is 18.0 Å². The smallest absolute Gasteiger partial charge is 0.263 e. The van der Waals surface area contributed by atoms with Crippen LogP contribution in [0.5, 0.6) is 5.75 Å². The predicted molar refractivity (Wildman–Crippen MR) is 125 cm³/mol. The van der Waals surface area contributed by atoms with Crippen LogP contribution in [-0.4, -0.2) is 22.6 Å². The van der Waals surface area contributed by atoms with Crippen molar-refractivity contribution in [1.82, 2.24) is 9.55 Å². The minimum Gasteiger partial charge on any atom is -0.497 e. The van der Waals surface area contributed by atoms with E-state index in [0.717, 1.165) is 11.1 Å². The van der Waals surface area contributed by atoms with Crippen molar-refractivity contribution in [3.8, 4) is 16.9 Å². The number of ether oxygens (including phenoxy) is 1. The molecular weight excluding hydrogens is 410 g/mol. The molecule has 2 aromatic heterocycles. The molecule has 0 aliphatic rings. The van der Waals surface area contributed by atoms with Crippen LogP contribution >= 0.6 is 11.3 Å². The first-order chi connectivity index (χ1) is 15.0. The van der Waals surface area contributed by atoms with Gasteiger partial charge in [-0.2, -0.15) is 0 Å². The second kappa shape index (κ2) is 8.73. The lowest BCUT2D eigenvalue weighted by Crippen LogP contribution is -2.27. The predicted octanol–water partition coefficient (Wildman–Crippen LogP) is 4.90. The van der Waals surface area contributed by atoms with Gasteiger partial charge in [0.2, 0.25) is 5.91 Å². The molecule has 4 rings (SSSR count). The summed E-state index contributed by atoms with van der Waals surface area (Å²) >= 11 is 1.43. The highest BCUT2D eigenvalue weighted by Crippen LogP contribution is 2.31. The minimum absolute atomic E-state index is 0.116. The number of aromatic nitrogens is 2. The molecular formula is C24H23N3O3S. The Labute approximate surface area is 184 Å². The Kier molecular flexibility index (Phi) is 5.86. The van der Waals surface area contributed by atoms with Crippen LogP contribution < -0.4 is 15.6 Å². The van der Waals surface area contributed by atoms with Gasteiger partial charge in [0.25, 0.3) is 5.56 Å². The van der Waals surface area contributed by atoms with Crippen molar-refractivity contribution in [2.75, 3.05) is 12.4 Å². The molecule has 6 nitrogen and oxygen atoms in total. The first kappa shape index (κ1) is 20.8. The molecule has 2 heterocycles. The number of carbonyl (C=O) groups is 1. The number of nitrogens with one attached hydrogen (secondary N) is 1. The topological polar surface area (TPSA) is 73.2 Å². The number of carbonyl (C=O) groups excluding carboxylic acids is 1. The Morgan fingerprint density at radius 2 is 1.84 bits per heavy atom. The number of rotatable bonds is 6. The van der Waals surface area contributed by atoms with Crippen molar-refractivity contribution in [2.45, 2.75) is 26.3 Å². The van der Waals surface area contributed by atoms with Crippen molar-refractivity contribution in [3.05, 3.63) is 76.2 Å². The molecule has 1 N–H and O–H groups in total. The summed E-state index contributed by atoms with van der Waals surface area (Å²) in [6.45, 7) is 4.18. The number of anilines is 1. The third-order valence-corrected chi connectivity index (χ3v) is 6.02. The maximum atomic E-state index is 13.2. The van der Waals surface area contributed by atoms with Gasteiger partial charge in [-0.05, 0) is 41.3 Å². The van der Waals surface area contributed by atoms with E-state index in [9.17, 15) is 9.59 Å². The van der Waals surface area contributed by atoms with Crippen molar-refractivity contribution >= 4 is 33.1 Å². The Balaban J connectivity index is 1.60. The van der Waals surface area contributed by atoms with Gasteiger partial charge >= 0.3 is 0 Å². The molecule has 4 aromatic rings. The van der Waals surface area contributed by atoms with E-state index < -0.39 is 0 Å². The monoisotopic (exact) mass is 433 g/mol. The number of benzene rings is 2. The van der Waals surface area contributed by atoms with E-state index in [1.165, 1.54) is 27.8 Å². The van der Waals surface area contributed by atoms with E-state index in [4.69, 9.17) is 4.74 Å². The zero-order chi connectivity index (χ0) is 22.0. The van der Waals surface area contributed by atoms with Gasteiger partial charge in [0.05, 0.1) is 18.8 Å². The largest absolute Gasteiger partial charge is 0.497 e. The normalized spacial score (nSPS) is 11.1. The molecule has 158 valence electrons. The summed E-state index contributed by atoms with van der Waals surface area (Å²) in [6.07, 6.45) is 1.43. The minimum atomic E-state index is -0.300. The summed E-state index contributed by atoms with van der Waals surface area (Å²) in [5.74, 6) is 0.846. The molecule has 0 atom stereocenters. The van der Waals surface area contributed by atoms with Crippen LogP contribution in [0.15, 0.2) is 65.0 Å². The molecule has 0 unspecified atom stereocenters. The molecule has 31 heavy (non-hydrogen) atoms. The molecule has 0 bridgehead atoms. The summed E-state index contributed by atoms with van der Waals surface area (Å²) in [6, 6.07) is 15.3. The van der Waals surface area contributed by atoms with E-state index in [0.29, 0.717) is 27.6 Å². The van der Waals surface area contributed by atoms with Gasteiger partial charge in [-0.3, -0.25) is 14.2 Å². The number of fused-ring (bicyclic) bond motifs is 1. The highest BCUT2D eigenvalue weighted by Gasteiger charge is 2.15. The van der Waals surface area contributed by atoms with E-state index in [1.54, 1.807) is 31.4 Å². The van der Waals surface area contributed by atoms with Crippen LogP contribution in [0.3, 0.4) is 0 Å². The quantitative estimate of drug-likeness (QED) is 0.470. The fraction of sp³-hybridized carbons (Fsp3) is 0.208. The van der Waals surface area contributed by atoms with Gasteiger partial charge < -0.3 is 10.1 Å². The van der Waals surface area contributed by atoms with Gasteiger partial charge in [0.1, 0.15) is 17.1 Å². The summed E-state index contributed by atoms with van der Waals surface area (Å²) in [5.41, 5.74) is 3.47. The van der Waals surface area contributed by atoms with Crippen LogP contribution in [0, 0.1) is 0 Å². The average Bonchev–Trinajstić information content (AvgIpc) is 3.21. The van der Waals surface area contributed by atoms with Gasteiger partial charge in [-0.25, -0.2) is 4.98 Å². The lowest BCUT2D eigenvalue weighted by atomic mass is 9.99. The van der Waals surface area contributed by atoms with Crippen molar-refractivity contribution in [3.63, 3.8) is 0 Å². The summed E-state index contributed by atoms with van der Waals surface area (Å²) < 4.78 is 6.47. The van der Waals surface area contributed by atoms with Gasteiger partial charge in [-0.1, -0.05) is 38.1 Å². The van der Waals surface area contributed by atoms with E-state index in [2.05, 4.69) is 36.3 Å². The zero-order valence-electron chi connectivity index (χ0n) is 17.6. The first-order valence-corrected chi connectivity index (χ1v) is 10.8.